The van der Waals surface area contributed by atoms with Gasteiger partial charge in [0.1, 0.15) is 106 Å². The molecule has 2 aromatic heterocycles. The zero-order chi connectivity index (χ0) is 91.8. The number of carbonyl (C=O) groups excluding carboxylic acids is 8. The second kappa shape index (κ2) is 27.5. The molecule has 2 N–H and O–H groups in total. The van der Waals surface area contributed by atoms with Crippen molar-refractivity contribution in [2.45, 2.75) is 323 Å². The lowest BCUT2D eigenvalue weighted by molar-refractivity contribution is -0.136. The van der Waals surface area contributed by atoms with Crippen molar-refractivity contribution in [1.82, 2.24) is 0 Å². The van der Waals surface area contributed by atoms with Crippen molar-refractivity contribution in [3.63, 3.8) is 0 Å². The molecule has 25 rings (SSSR count). The lowest BCUT2D eigenvalue weighted by atomic mass is 9.46. The number of cyclic esters (lactones) is 3. The molecule has 6 spiro atoms. The lowest BCUT2D eigenvalue weighted by Crippen LogP contribution is -2.70. The van der Waals surface area contributed by atoms with Crippen molar-refractivity contribution < 1.29 is 147 Å². The Morgan fingerprint density at radius 3 is 1.19 bits per heavy atom. The van der Waals surface area contributed by atoms with Crippen LogP contribution < -0.4 is 0 Å². The van der Waals surface area contributed by atoms with Gasteiger partial charge in [0.05, 0.1) is 30.8 Å². The second-order valence-corrected chi connectivity index (χ2v) is 43.5. The molecule has 27 atom stereocenters. The van der Waals surface area contributed by atoms with E-state index < -0.39 is 139 Å². The molecule has 21 aliphatic rings. The number of rotatable bonds is 10. The van der Waals surface area contributed by atoms with Gasteiger partial charge in [0.25, 0.3) is 0 Å². The Bertz CT molecular complexity index is 5690. The molecule has 12 aliphatic heterocycles. The number of esters is 5. The number of ether oxygens (including phenoxy) is 19. The number of allylic oxidation sites excluding steroid dienone is 2. The topological polar surface area (TPSA) is 408 Å². The van der Waals surface area contributed by atoms with Gasteiger partial charge in [0.2, 0.25) is 11.5 Å². The summed E-state index contributed by atoms with van der Waals surface area (Å²) in [5.41, 5.74) is -3.98. The van der Waals surface area contributed by atoms with E-state index in [0.29, 0.717) is 73.0 Å². The van der Waals surface area contributed by atoms with Gasteiger partial charge in [-0.25, -0.2) is 38.4 Å². The molecule has 692 valence electrons. The van der Waals surface area contributed by atoms with Crippen LogP contribution in [0.15, 0.2) is 151 Å². The molecule has 31 nitrogen and oxygen atoms in total. The Morgan fingerprint density at radius 1 is 0.415 bits per heavy atom. The third-order valence-corrected chi connectivity index (χ3v) is 33.0. The van der Waals surface area contributed by atoms with Gasteiger partial charge in [-0.15, -0.1) is 0 Å². The lowest BCUT2D eigenvalue weighted by Gasteiger charge is -2.53. The highest BCUT2D eigenvalue weighted by Gasteiger charge is 3.04. The van der Waals surface area contributed by atoms with Crippen LogP contribution in [0.2, 0.25) is 0 Å². The third-order valence-electron chi connectivity index (χ3n) is 33.0. The van der Waals surface area contributed by atoms with E-state index in [1.807, 2.05) is 48.5 Å². The van der Waals surface area contributed by atoms with Crippen LogP contribution in [0.1, 0.15) is 215 Å². The summed E-state index contributed by atoms with van der Waals surface area (Å²) in [5.74, 6) is -1.46. The maximum atomic E-state index is 13.5. The van der Waals surface area contributed by atoms with Crippen molar-refractivity contribution in [3.8, 4) is 0 Å². The van der Waals surface area contributed by atoms with Crippen LogP contribution in [0.5, 0.6) is 0 Å². The fourth-order valence-electron chi connectivity index (χ4n) is 27.2. The Balaban J connectivity index is 0.000000109. The Labute approximate surface area is 750 Å². The highest BCUT2D eigenvalue weighted by molar-refractivity contribution is 6.00. The average molecular weight is 1800 g/mol. The largest absolute Gasteiger partial charge is 0.519 e. The number of aliphatic hydroxyl groups excluding tert-OH is 2. The molecule has 4 aromatic rings. The monoisotopic (exact) mass is 1790 g/mol. The average Bonchev–Trinajstić information content (AvgIpc) is 1.44. The van der Waals surface area contributed by atoms with Gasteiger partial charge in [0.15, 0.2) is 45.9 Å². The first-order valence-electron chi connectivity index (χ1n) is 45.7. The van der Waals surface area contributed by atoms with Gasteiger partial charge in [-0.3, -0.25) is 0 Å². The Morgan fingerprint density at radius 2 is 0.785 bits per heavy atom. The van der Waals surface area contributed by atoms with Crippen molar-refractivity contribution in [3.05, 3.63) is 165 Å². The molecule has 9 saturated heterocycles. The summed E-state index contributed by atoms with van der Waals surface area (Å²) in [7, 11) is 0. The second-order valence-electron chi connectivity index (χ2n) is 43.5. The molecule has 0 radical (unpaired) electrons. The van der Waals surface area contributed by atoms with Crippen LogP contribution in [0.25, 0.3) is 11.5 Å². The number of benzene rings is 2. The number of furan rings is 2. The Hall–Kier alpha value is -9.38. The first kappa shape index (κ1) is 86.1. The minimum absolute atomic E-state index is 0.00808. The van der Waals surface area contributed by atoms with Crippen LogP contribution in [0.3, 0.4) is 0 Å². The molecule has 130 heavy (non-hydrogen) atoms. The predicted octanol–water partition coefficient (Wildman–Crippen LogP) is 13.8. The first-order chi connectivity index (χ1) is 61.3. The fourth-order valence-corrected chi connectivity index (χ4v) is 27.2. The molecule has 2 aromatic carbocycles. The zero-order valence-corrected chi connectivity index (χ0v) is 75.9. The first-order valence-corrected chi connectivity index (χ1v) is 45.7. The van der Waals surface area contributed by atoms with Gasteiger partial charge < -0.3 is 109 Å². The number of epoxide rings is 9. The van der Waals surface area contributed by atoms with E-state index in [1.165, 1.54) is 24.7 Å². The van der Waals surface area contributed by atoms with Gasteiger partial charge >= 0.3 is 48.3 Å². The maximum Gasteiger partial charge on any atom is 0.519 e. The van der Waals surface area contributed by atoms with E-state index in [0.717, 1.165) is 36.0 Å². The molecule has 0 amide bonds. The molecule has 9 aliphatic carbocycles. The van der Waals surface area contributed by atoms with Crippen LogP contribution in [-0.2, 0) is 104 Å². The van der Waals surface area contributed by atoms with Crippen LogP contribution >= 0.6 is 0 Å². The molecule has 14 heterocycles. The quantitative estimate of drug-likeness (QED) is 0.0489. The standard InChI is InChI=1S/C37H38O11.C32H30O9.C20H24O6.C10H18O5/c1-18(2)35-27(46-35)28-37(47-28)34(6)15-14-20-24(21(34)17-23-36(37,45-23)31(35)44-32(40)48-33(3,4)5)26(43-29(20)38)25(19-11-8-7-9-12-19)42-30(39)22-13-10-16-41-22;1-15(2)30-24(40-30)25-32(41-25)29(3)12-11-17-21(18(29)14-20-31(32,39-20)28(30)35)23(38-26(17)33)22(16-8-5-4-6-9-16)37-27(34)19-10-7-13-36-19;1-8(2)18-13(25-18)14-20(26-14)17(3)5-4-9-10(7-23-15(9)21)11(17)6-12-19(20,24-12)16(18)22;1-9(2,3)14-7(11)13-8(12)15-10(4,5)6/h7-13,16,18,21,23,27-28,31H,14-15,17H2,1-6H3;4-10,13,15,18,20,24-25,28,35H,11-12,14H2,1-3H3;8,11-14,16,22H,4-7H2,1-3H3;1-6H3/b26-25+;23-22+;;/t21-,23-,27-,28-,31+,34-,35-,36+,37+;18-,20-,24-,25-,28+,29-,30-,31+,32+;11-,12-,13-,14-,16+,17-,18-,19+,20+;/m000./s1. The summed E-state index contributed by atoms with van der Waals surface area (Å²) in [6, 6.07) is 24.5. The predicted molar refractivity (Wildman–Crippen MR) is 445 cm³/mol. The van der Waals surface area contributed by atoms with Crippen molar-refractivity contribution in [2.24, 2.45) is 51.8 Å². The van der Waals surface area contributed by atoms with E-state index in [2.05, 4.69) is 67.1 Å². The molecule has 0 bridgehead atoms. The van der Waals surface area contributed by atoms with Gasteiger partial charge in [-0.1, -0.05) is 123 Å². The van der Waals surface area contributed by atoms with Gasteiger partial charge in [-0.2, -0.15) is 0 Å². The molecule has 15 fully saturated rings. The van der Waals surface area contributed by atoms with Crippen LogP contribution in [0.4, 0.5) is 14.4 Å². The van der Waals surface area contributed by atoms with E-state index in [1.54, 1.807) is 86.6 Å². The molecular formula is C99H110O31. The molecular weight excluding hydrogens is 1690 g/mol. The number of fused-ring (bicyclic) bond motifs is 12. The molecule has 0 unspecified atom stereocenters. The minimum atomic E-state index is -1.06. The summed E-state index contributed by atoms with van der Waals surface area (Å²) < 4.78 is 124. The van der Waals surface area contributed by atoms with Crippen LogP contribution in [-0.4, -0.2) is 206 Å². The molecule has 31 heteroatoms. The summed E-state index contributed by atoms with van der Waals surface area (Å²) in [4.78, 5) is 101. The number of hydrogen-bond donors (Lipinski definition) is 2. The molecule has 6 saturated carbocycles. The van der Waals surface area contributed by atoms with Crippen LogP contribution in [0, 0.1) is 51.8 Å². The highest BCUT2D eigenvalue weighted by Crippen LogP contribution is 2.87. The number of carbonyl (C=O) groups is 8. The fraction of sp³-hybridized carbons (Fsp3) is 0.616. The SMILES string of the molecule is CC(C)(C)OC(=O)OC(=O)OC(C)(C)C.CC(C)[C@]12O[C@H]1[C@@H]1O[C@]13[C@]1(O[C@H]1C[C@H]1C4=C(CC[C@@]13C)C(=O)O/C4=C(/OC(=O)c1ccco1)c1ccccc1)[C@@H]2O.CC(C)[C@]12O[C@H]1[C@@H]1O[C@]13[C@]1(O[C@H]1C[C@H]1C4=C(CC[C@@]13C)C(=O)O/C4=C(/OC(=O)c1ccco1)c1ccccc1)[C@@H]2OC(=O)OC(C)(C)C.CC(C)[C@]12O[C@H]1[C@@H]1O[C@]13[C@]1(O[C@H]1C[C@H]1C4=C(CC[C@@]13C)C(=O)OC4)[C@@H]2O. The Kier molecular flexibility index (Phi) is 18.2. The van der Waals surface area contributed by atoms with E-state index in [4.69, 9.17) is 94.1 Å². The third kappa shape index (κ3) is 11.3. The van der Waals surface area contributed by atoms with Crippen molar-refractivity contribution >= 4 is 59.8 Å². The highest BCUT2D eigenvalue weighted by atomic mass is 16.8. The minimum Gasteiger partial charge on any atom is -0.458 e. The van der Waals surface area contributed by atoms with E-state index in [-0.39, 0.29) is 136 Å². The van der Waals surface area contributed by atoms with Gasteiger partial charge in [-0.05, 0) is 185 Å². The number of aliphatic hydroxyl groups is 2. The summed E-state index contributed by atoms with van der Waals surface area (Å²) in [6.07, 6.45) is 1.77. The zero-order valence-electron chi connectivity index (χ0n) is 75.9. The van der Waals surface area contributed by atoms with E-state index in [9.17, 15) is 48.6 Å². The summed E-state index contributed by atoms with van der Waals surface area (Å²) >= 11 is 0. The van der Waals surface area contributed by atoms with Crippen molar-refractivity contribution in [1.29, 1.82) is 0 Å². The van der Waals surface area contributed by atoms with Crippen molar-refractivity contribution in [2.75, 3.05) is 6.61 Å². The van der Waals surface area contributed by atoms with Gasteiger partial charge in [0, 0.05) is 55.2 Å². The smallest absolute Gasteiger partial charge is 0.458 e. The summed E-state index contributed by atoms with van der Waals surface area (Å²) in [5, 5.41) is 23.3. The summed E-state index contributed by atoms with van der Waals surface area (Å²) in [6.45, 7) is 35.0. The normalized spacial score (nSPS) is 43.3. The van der Waals surface area contributed by atoms with E-state index >= 15 is 0 Å². The maximum absolute atomic E-state index is 13.5. The number of hydrogen-bond acceptors (Lipinski definition) is 31.